The van der Waals surface area contributed by atoms with E-state index in [9.17, 15) is 9.59 Å². The number of pyridine rings is 1. The van der Waals surface area contributed by atoms with E-state index in [0.29, 0.717) is 11.4 Å². The van der Waals surface area contributed by atoms with Crippen molar-refractivity contribution in [3.05, 3.63) is 18.0 Å². The van der Waals surface area contributed by atoms with Gasteiger partial charge in [0.1, 0.15) is 17.9 Å². The number of hydrogen-bond acceptors (Lipinski definition) is 6. The second kappa shape index (κ2) is 6.86. The molecule has 2 aromatic heterocycles. The molecule has 1 amide bonds. The molecule has 0 fully saturated rings. The summed E-state index contributed by atoms with van der Waals surface area (Å²) in [4.78, 5) is 27.6. The zero-order chi connectivity index (χ0) is 17.9. The molecule has 0 radical (unpaired) electrons. The Balaban J connectivity index is 1.92. The molecule has 0 unspecified atom stereocenters. The van der Waals surface area contributed by atoms with Gasteiger partial charge in [0.25, 0.3) is 5.91 Å². The van der Waals surface area contributed by atoms with E-state index in [1.54, 1.807) is 44.8 Å². The predicted octanol–water partition coefficient (Wildman–Crippen LogP) is 1.11. The van der Waals surface area contributed by atoms with Gasteiger partial charge in [-0.05, 0) is 33.8 Å². The largest absolute Gasteiger partial charge is 0.483 e. The summed E-state index contributed by atoms with van der Waals surface area (Å²) in [6, 6.07) is 1.68. The van der Waals surface area contributed by atoms with Crippen molar-refractivity contribution in [2.24, 2.45) is 7.05 Å². The number of nitrogens with zero attached hydrogens (tertiary/aromatic N) is 3. The number of rotatable bonds is 5. The monoisotopic (exact) mass is 334 g/mol. The Labute approximate surface area is 140 Å². The molecule has 0 atom stereocenters. The third-order valence-corrected chi connectivity index (χ3v) is 3.07. The van der Waals surface area contributed by atoms with Crippen molar-refractivity contribution >= 4 is 22.9 Å². The van der Waals surface area contributed by atoms with Crippen molar-refractivity contribution in [1.29, 1.82) is 0 Å². The number of nitrogens with one attached hydrogen (secondary N) is 1. The molecule has 0 bridgehead atoms. The summed E-state index contributed by atoms with van der Waals surface area (Å²) in [5.41, 5.74) is 0.864. The van der Waals surface area contributed by atoms with Crippen LogP contribution in [0, 0.1) is 6.92 Å². The van der Waals surface area contributed by atoms with E-state index >= 15 is 0 Å². The topological polar surface area (TPSA) is 95.3 Å². The first-order valence-electron chi connectivity index (χ1n) is 7.57. The Bertz CT molecular complexity index is 761. The normalized spacial score (nSPS) is 11.4. The Morgan fingerprint density at radius 2 is 2.04 bits per heavy atom. The number of aromatic nitrogens is 3. The second-order valence-electron chi connectivity index (χ2n) is 6.37. The molecule has 130 valence electrons. The van der Waals surface area contributed by atoms with Crippen LogP contribution in [0.3, 0.4) is 0 Å². The zero-order valence-corrected chi connectivity index (χ0v) is 14.5. The smallest absolute Gasteiger partial charge is 0.325 e. The maximum Gasteiger partial charge on any atom is 0.325 e. The Morgan fingerprint density at radius 3 is 2.71 bits per heavy atom. The van der Waals surface area contributed by atoms with Crippen LogP contribution in [0.15, 0.2) is 12.3 Å². The SMILES string of the molecule is Cc1nn(C)c2nccc(OCC(=O)NCC(=O)OC(C)(C)C)c12. The first-order chi connectivity index (χ1) is 11.2. The molecular weight excluding hydrogens is 312 g/mol. The van der Waals surface area contributed by atoms with Gasteiger partial charge >= 0.3 is 5.97 Å². The van der Waals surface area contributed by atoms with Crippen LogP contribution in [0.25, 0.3) is 11.0 Å². The molecule has 8 nitrogen and oxygen atoms in total. The molecule has 0 saturated carbocycles. The summed E-state index contributed by atoms with van der Waals surface area (Å²) in [6.07, 6.45) is 1.59. The molecule has 0 saturated heterocycles. The minimum absolute atomic E-state index is 0.197. The van der Waals surface area contributed by atoms with Crippen LogP contribution >= 0.6 is 0 Å². The fraction of sp³-hybridized carbons (Fsp3) is 0.500. The fourth-order valence-corrected chi connectivity index (χ4v) is 2.20. The van der Waals surface area contributed by atoms with Gasteiger partial charge < -0.3 is 14.8 Å². The number of carbonyl (C=O) groups is 2. The molecule has 0 aliphatic heterocycles. The van der Waals surface area contributed by atoms with Crippen LogP contribution < -0.4 is 10.1 Å². The zero-order valence-electron chi connectivity index (χ0n) is 14.5. The molecule has 0 aromatic carbocycles. The lowest BCUT2D eigenvalue weighted by Crippen LogP contribution is -2.36. The summed E-state index contributed by atoms with van der Waals surface area (Å²) < 4.78 is 12.3. The average Bonchev–Trinajstić information content (AvgIpc) is 2.77. The van der Waals surface area contributed by atoms with Gasteiger partial charge in [-0.25, -0.2) is 4.98 Å². The number of esters is 1. The summed E-state index contributed by atoms with van der Waals surface area (Å²) in [6.45, 7) is 6.73. The number of carbonyl (C=O) groups excluding carboxylic acids is 2. The maximum atomic E-state index is 11.8. The van der Waals surface area contributed by atoms with Gasteiger partial charge in [-0.15, -0.1) is 0 Å². The van der Waals surface area contributed by atoms with Crippen LogP contribution in [0.1, 0.15) is 26.5 Å². The highest BCUT2D eigenvalue weighted by Gasteiger charge is 2.17. The van der Waals surface area contributed by atoms with E-state index < -0.39 is 17.5 Å². The molecule has 0 spiro atoms. The first kappa shape index (κ1) is 17.7. The van der Waals surface area contributed by atoms with E-state index in [-0.39, 0.29) is 13.2 Å². The standard InChI is InChI=1S/C16H22N4O4/c1-10-14-11(6-7-17-15(14)20(5)19-10)23-9-12(21)18-8-13(22)24-16(2,3)4/h6-7H,8-9H2,1-5H3,(H,18,21). The van der Waals surface area contributed by atoms with Crippen LogP contribution in [0.5, 0.6) is 5.75 Å². The van der Waals surface area contributed by atoms with E-state index in [2.05, 4.69) is 15.4 Å². The summed E-state index contributed by atoms with van der Waals surface area (Å²) in [5.74, 6) is -0.379. The summed E-state index contributed by atoms with van der Waals surface area (Å²) in [5, 5.41) is 7.52. The molecule has 2 heterocycles. The number of fused-ring (bicyclic) bond motifs is 1. The third-order valence-electron chi connectivity index (χ3n) is 3.07. The van der Waals surface area contributed by atoms with Gasteiger partial charge in [0.2, 0.25) is 0 Å². The Kier molecular flexibility index (Phi) is 5.06. The van der Waals surface area contributed by atoms with E-state index in [1.165, 1.54) is 0 Å². The molecule has 24 heavy (non-hydrogen) atoms. The highest BCUT2D eigenvalue weighted by atomic mass is 16.6. The predicted molar refractivity (Wildman–Crippen MR) is 87.6 cm³/mol. The van der Waals surface area contributed by atoms with Crippen molar-refractivity contribution in [3.63, 3.8) is 0 Å². The quantitative estimate of drug-likeness (QED) is 0.823. The van der Waals surface area contributed by atoms with Crippen molar-refractivity contribution in [2.45, 2.75) is 33.3 Å². The van der Waals surface area contributed by atoms with Gasteiger partial charge in [-0.3, -0.25) is 14.3 Å². The Hall–Kier alpha value is -2.64. The van der Waals surface area contributed by atoms with Gasteiger partial charge in [-0.1, -0.05) is 0 Å². The van der Waals surface area contributed by atoms with E-state index in [0.717, 1.165) is 11.1 Å². The van der Waals surface area contributed by atoms with Crippen molar-refractivity contribution in [2.75, 3.05) is 13.2 Å². The van der Waals surface area contributed by atoms with Crippen LogP contribution in [-0.2, 0) is 21.4 Å². The highest BCUT2D eigenvalue weighted by Crippen LogP contribution is 2.26. The highest BCUT2D eigenvalue weighted by molar-refractivity contribution is 5.86. The number of ether oxygens (including phenoxy) is 2. The summed E-state index contributed by atoms with van der Waals surface area (Å²) >= 11 is 0. The van der Waals surface area contributed by atoms with Crippen LogP contribution in [-0.4, -0.2) is 45.4 Å². The molecular formula is C16H22N4O4. The Morgan fingerprint density at radius 1 is 1.33 bits per heavy atom. The molecule has 8 heteroatoms. The lowest BCUT2D eigenvalue weighted by atomic mass is 10.2. The van der Waals surface area contributed by atoms with Crippen molar-refractivity contribution in [3.8, 4) is 5.75 Å². The average molecular weight is 334 g/mol. The molecule has 1 N–H and O–H groups in total. The van der Waals surface area contributed by atoms with Crippen molar-refractivity contribution in [1.82, 2.24) is 20.1 Å². The third kappa shape index (κ3) is 4.43. The van der Waals surface area contributed by atoms with Crippen molar-refractivity contribution < 1.29 is 19.1 Å². The van der Waals surface area contributed by atoms with E-state index in [1.807, 2.05) is 6.92 Å². The van der Waals surface area contributed by atoms with Gasteiger partial charge in [-0.2, -0.15) is 5.10 Å². The molecule has 0 aliphatic carbocycles. The van der Waals surface area contributed by atoms with Crippen LogP contribution in [0.4, 0.5) is 0 Å². The van der Waals surface area contributed by atoms with Gasteiger partial charge in [0.15, 0.2) is 12.3 Å². The van der Waals surface area contributed by atoms with Crippen LogP contribution in [0.2, 0.25) is 0 Å². The maximum absolute atomic E-state index is 11.8. The lowest BCUT2D eigenvalue weighted by molar-refractivity contribution is -0.154. The van der Waals surface area contributed by atoms with E-state index in [4.69, 9.17) is 9.47 Å². The molecule has 2 rings (SSSR count). The number of hydrogen-bond donors (Lipinski definition) is 1. The lowest BCUT2D eigenvalue weighted by Gasteiger charge is -2.19. The fourth-order valence-electron chi connectivity index (χ4n) is 2.20. The summed E-state index contributed by atoms with van der Waals surface area (Å²) in [7, 11) is 1.79. The minimum Gasteiger partial charge on any atom is -0.483 e. The minimum atomic E-state index is -0.585. The second-order valence-corrected chi connectivity index (χ2v) is 6.37. The van der Waals surface area contributed by atoms with Gasteiger partial charge in [0.05, 0.1) is 11.1 Å². The first-order valence-corrected chi connectivity index (χ1v) is 7.57. The number of amides is 1. The number of aryl methyl sites for hydroxylation is 2. The van der Waals surface area contributed by atoms with Gasteiger partial charge in [0, 0.05) is 13.2 Å². The molecule has 0 aliphatic rings. The molecule has 2 aromatic rings.